The third kappa shape index (κ3) is 4.24. The van der Waals surface area contributed by atoms with Crippen LogP contribution in [0.5, 0.6) is 17.2 Å². The van der Waals surface area contributed by atoms with E-state index in [0.717, 1.165) is 0 Å². The topological polar surface area (TPSA) is 195 Å². The minimum absolute atomic E-state index is 0. The van der Waals surface area contributed by atoms with Gasteiger partial charge in [0.2, 0.25) is 12.5 Å². The summed E-state index contributed by atoms with van der Waals surface area (Å²) in [5.74, 6) is -2.75. The van der Waals surface area contributed by atoms with Gasteiger partial charge < -0.3 is 39.7 Å². The van der Waals surface area contributed by atoms with E-state index in [0.29, 0.717) is 0 Å². The predicted octanol–water partition coefficient (Wildman–Crippen LogP) is -3.22. The van der Waals surface area contributed by atoms with Gasteiger partial charge in [0.15, 0.2) is 11.5 Å². The summed E-state index contributed by atoms with van der Waals surface area (Å²) in [5.41, 5.74) is -0.312. The first-order valence-corrected chi connectivity index (χ1v) is 9.38. The Bertz CT molecular complexity index is 864. The van der Waals surface area contributed by atoms with Gasteiger partial charge in [-0.25, -0.2) is 4.57 Å². The van der Waals surface area contributed by atoms with E-state index in [1.54, 1.807) is 0 Å². The first-order valence-electron chi connectivity index (χ1n) is 7.85. The van der Waals surface area contributed by atoms with Crippen molar-refractivity contribution in [1.82, 2.24) is 5.32 Å². The summed E-state index contributed by atoms with van der Waals surface area (Å²) in [4.78, 5) is 31.0. The largest absolute Gasteiger partial charge is 0.524 e. The van der Waals surface area contributed by atoms with Gasteiger partial charge in [-0.05, 0) is 11.6 Å². The molecule has 0 bridgehead atoms. The van der Waals surface area contributed by atoms with Crippen LogP contribution in [0.2, 0.25) is 0 Å². The van der Waals surface area contributed by atoms with Crippen LogP contribution in [0.1, 0.15) is 21.8 Å². The van der Waals surface area contributed by atoms with Crippen LogP contribution >= 0.6 is 7.82 Å². The van der Waals surface area contributed by atoms with Crippen LogP contribution in [0.4, 0.5) is 0 Å². The number of phosphoric acid groups is 1. The van der Waals surface area contributed by atoms with Gasteiger partial charge in [-0.3, -0.25) is 14.6 Å². The number of aliphatic hydroxyl groups excluding tert-OH is 4. The SMILES string of the molecule is O=C1N[C@H]2[C@H](O)[C@H](O)[C@@H](O)[C@H](O)[C@@H]2c2cc3c(c(OP(=O)(O)O)c21)OCO3.[Na].[Na]. The average molecular weight is 451 g/mol. The van der Waals surface area contributed by atoms with Crippen LogP contribution < -0.4 is 19.3 Å². The van der Waals surface area contributed by atoms with Crippen molar-refractivity contribution >= 4 is 72.8 Å². The minimum Gasteiger partial charge on any atom is -0.453 e. The molecule has 1 aliphatic carbocycles. The summed E-state index contributed by atoms with van der Waals surface area (Å²) in [6.07, 6.45) is -6.62. The zero-order chi connectivity index (χ0) is 19.7. The fraction of sp³-hybridized carbons (Fsp3) is 0.500. The van der Waals surface area contributed by atoms with Gasteiger partial charge in [0.1, 0.15) is 18.3 Å². The van der Waals surface area contributed by atoms with Crippen molar-refractivity contribution in [1.29, 1.82) is 0 Å². The molecule has 15 heteroatoms. The minimum atomic E-state index is -5.10. The number of aliphatic hydroxyl groups is 4. The first kappa shape index (κ1) is 25.3. The molecule has 2 aliphatic heterocycles. The molecule has 0 aromatic heterocycles. The molecule has 2 radical (unpaired) electrons. The summed E-state index contributed by atoms with van der Waals surface area (Å²) in [6, 6.07) is 0.141. The number of hydrogen-bond acceptors (Lipinski definition) is 9. The number of carbonyl (C=O) groups is 1. The van der Waals surface area contributed by atoms with E-state index in [2.05, 4.69) is 9.84 Å². The van der Waals surface area contributed by atoms with E-state index in [1.807, 2.05) is 0 Å². The van der Waals surface area contributed by atoms with Crippen molar-refractivity contribution in [2.24, 2.45) is 0 Å². The number of carbonyl (C=O) groups excluding carboxylic acids is 1. The number of amides is 1. The molecule has 1 aromatic carbocycles. The molecule has 29 heavy (non-hydrogen) atoms. The first-order chi connectivity index (χ1) is 12.6. The summed E-state index contributed by atoms with van der Waals surface area (Å²) in [7, 11) is -5.10. The molecular formula is C14H16NNa2O11P. The Balaban J connectivity index is 0.00000150. The maximum absolute atomic E-state index is 12.6. The third-order valence-electron chi connectivity index (χ3n) is 4.92. The van der Waals surface area contributed by atoms with Crippen molar-refractivity contribution < 1.29 is 53.6 Å². The number of hydrogen-bond donors (Lipinski definition) is 7. The Morgan fingerprint density at radius 2 is 1.66 bits per heavy atom. The number of benzene rings is 1. The molecule has 2 heterocycles. The Morgan fingerprint density at radius 1 is 1.03 bits per heavy atom. The van der Waals surface area contributed by atoms with Gasteiger partial charge in [-0.15, -0.1) is 0 Å². The van der Waals surface area contributed by atoms with Crippen molar-refractivity contribution in [2.75, 3.05) is 6.79 Å². The molecule has 4 rings (SSSR count). The predicted molar refractivity (Wildman–Crippen MR) is 94.8 cm³/mol. The zero-order valence-electron chi connectivity index (χ0n) is 15.4. The smallest absolute Gasteiger partial charge is 0.453 e. The summed E-state index contributed by atoms with van der Waals surface area (Å²) in [6.45, 7) is -0.294. The van der Waals surface area contributed by atoms with Crippen molar-refractivity contribution in [2.45, 2.75) is 36.4 Å². The van der Waals surface area contributed by atoms with Crippen LogP contribution in [0, 0.1) is 0 Å². The van der Waals surface area contributed by atoms with Gasteiger partial charge in [0.05, 0.1) is 17.7 Å². The Kier molecular flexibility index (Phi) is 7.78. The molecule has 1 fully saturated rings. The normalized spacial score (nSPS) is 32.1. The maximum Gasteiger partial charge on any atom is 0.524 e. The third-order valence-corrected chi connectivity index (χ3v) is 5.34. The number of ether oxygens (including phenoxy) is 2. The second kappa shape index (κ2) is 8.91. The molecule has 1 aromatic rings. The van der Waals surface area contributed by atoms with Gasteiger partial charge in [0, 0.05) is 65.0 Å². The Morgan fingerprint density at radius 3 is 2.28 bits per heavy atom. The summed E-state index contributed by atoms with van der Waals surface area (Å²) >= 11 is 0. The molecule has 6 atom stereocenters. The second-order valence-electron chi connectivity index (χ2n) is 6.47. The van der Waals surface area contributed by atoms with Crippen molar-refractivity contribution in [3.63, 3.8) is 0 Å². The maximum atomic E-state index is 12.6. The molecule has 3 aliphatic rings. The molecule has 0 unspecified atom stereocenters. The van der Waals surface area contributed by atoms with E-state index in [1.165, 1.54) is 6.07 Å². The number of nitrogens with one attached hydrogen (secondary N) is 1. The van der Waals surface area contributed by atoms with E-state index in [9.17, 15) is 39.6 Å². The van der Waals surface area contributed by atoms with Crippen LogP contribution in [-0.2, 0) is 4.57 Å². The van der Waals surface area contributed by atoms with Crippen molar-refractivity contribution in [3.8, 4) is 17.2 Å². The molecule has 0 spiro atoms. The molecule has 7 N–H and O–H groups in total. The van der Waals surface area contributed by atoms with Gasteiger partial charge >= 0.3 is 7.82 Å². The summed E-state index contributed by atoms with van der Waals surface area (Å²) in [5, 5.41) is 42.9. The molecule has 0 saturated heterocycles. The van der Waals surface area contributed by atoms with Crippen LogP contribution in [0.25, 0.3) is 0 Å². The Labute approximate surface area is 208 Å². The fourth-order valence-electron chi connectivity index (χ4n) is 3.76. The number of fused-ring (bicyclic) bond motifs is 4. The molecule has 1 amide bonds. The molecular weight excluding hydrogens is 435 g/mol. The van der Waals surface area contributed by atoms with Crippen LogP contribution in [-0.4, -0.2) is 132 Å². The zero-order valence-corrected chi connectivity index (χ0v) is 20.3. The van der Waals surface area contributed by atoms with Crippen LogP contribution in [0.3, 0.4) is 0 Å². The molecule has 1 saturated carbocycles. The second-order valence-corrected chi connectivity index (χ2v) is 7.64. The molecule has 150 valence electrons. The number of phosphoric ester groups is 1. The van der Waals surface area contributed by atoms with E-state index in [-0.39, 0.29) is 88.5 Å². The van der Waals surface area contributed by atoms with E-state index in [4.69, 9.17) is 9.47 Å². The standard InChI is InChI=1S/C14H16NO11P.2Na/c16-8-5-3-1-4-12(25-2-24-4)13(26-27(21,22)23)6(3)14(20)15-7(5)9(17)11(19)10(8)18;;/h1,5,7-11,16-19H,2H2,(H,15,20)(H2,21,22,23);;/t5-,7-,8-,9+,10+,11+;;/m1../s1. The monoisotopic (exact) mass is 451 g/mol. The fourth-order valence-corrected chi connectivity index (χ4v) is 4.18. The Hall–Kier alpha value is 0.0800. The van der Waals surface area contributed by atoms with Crippen molar-refractivity contribution in [3.05, 3.63) is 17.2 Å². The van der Waals surface area contributed by atoms with Gasteiger partial charge in [0.25, 0.3) is 5.91 Å². The summed E-state index contributed by atoms with van der Waals surface area (Å²) < 4.78 is 26.4. The number of rotatable bonds is 2. The van der Waals surface area contributed by atoms with E-state index >= 15 is 0 Å². The average Bonchev–Trinajstić information content (AvgIpc) is 3.05. The van der Waals surface area contributed by atoms with E-state index < -0.39 is 55.9 Å². The quantitative estimate of drug-likeness (QED) is 0.177. The van der Waals surface area contributed by atoms with Gasteiger partial charge in [-0.2, -0.15) is 0 Å². The van der Waals surface area contributed by atoms with Crippen LogP contribution in [0.15, 0.2) is 6.07 Å². The van der Waals surface area contributed by atoms with Gasteiger partial charge in [-0.1, -0.05) is 0 Å². The molecule has 12 nitrogen and oxygen atoms in total.